The molecule has 4 nitrogen and oxygen atoms in total. The first-order chi connectivity index (χ1) is 12.6. The number of aromatic nitrogens is 1. The summed E-state index contributed by atoms with van der Waals surface area (Å²) >= 11 is 1.60. The number of thiazole rings is 1. The number of hydrogen-bond acceptors (Lipinski definition) is 4. The van der Waals surface area contributed by atoms with Crippen molar-refractivity contribution in [2.45, 2.75) is 33.2 Å². The Kier molecular flexibility index (Phi) is 5.68. The quantitative estimate of drug-likeness (QED) is 0.643. The van der Waals surface area contributed by atoms with Crippen LogP contribution in [-0.2, 0) is 0 Å². The van der Waals surface area contributed by atoms with Gasteiger partial charge in [0.25, 0.3) is 0 Å². The molecule has 1 aromatic heterocycles. The number of aromatic hydroxyl groups is 1. The Morgan fingerprint density at radius 3 is 2.38 bits per heavy atom. The average Bonchev–Trinajstić information content (AvgIpc) is 3.03. The zero-order valence-corrected chi connectivity index (χ0v) is 16.1. The first kappa shape index (κ1) is 18.1. The van der Waals surface area contributed by atoms with E-state index in [4.69, 9.17) is 10.1 Å². The molecule has 134 valence electrons. The zero-order valence-electron chi connectivity index (χ0n) is 15.3. The van der Waals surface area contributed by atoms with Gasteiger partial charge in [-0.2, -0.15) is 5.10 Å². The van der Waals surface area contributed by atoms with E-state index in [1.807, 2.05) is 35.0 Å². The van der Waals surface area contributed by atoms with Crippen LogP contribution in [0.15, 0.2) is 70.1 Å². The Morgan fingerprint density at radius 1 is 1.08 bits per heavy atom. The normalized spacial score (nSPS) is 12.8. The van der Waals surface area contributed by atoms with Crippen molar-refractivity contribution >= 4 is 17.0 Å². The Hall–Kier alpha value is -2.66. The maximum atomic E-state index is 9.55. The molecule has 0 bridgehead atoms. The molecule has 0 amide bonds. The third kappa shape index (κ3) is 4.11. The van der Waals surface area contributed by atoms with Gasteiger partial charge in [-0.15, -0.1) is 11.3 Å². The third-order valence-electron chi connectivity index (χ3n) is 3.88. The smallest absolute Gasteiger partial charge is 0.206 e. The van der Waals surface area contributed by atoms with Gasteiger partial charge in [0, 0.05) is 17.0 Å². The summed E-state index contributed by atoms with van der Waals surface area (Å²) in [5, 5.41) is 16.6. The molecule has 0 atom stereocenters. The number of nitrogens with zero attached hydrogens (tertiary/aromatic N) is 3. The van der Waals surface area contributed by atoms with Crippen LogP contribution in [0, 0.1) is 0 Å². The van der Waals surface area contributed by atoms with Crippen LogP contribution in [0.25, 0.3) is 11.3 Å². The van der Waals surface area contributed by atoms with Crippen molar-refractivity contribution in [3.05, 3.63) is 70.3 Å². The molecule has 0 fully saturated rings. The predicted molar refractivity (Wildman–Crippen MR) is 109 cm³/mol. The molecular formula is C21H23N3OS. The highest BCUT2D eigenvalue weighted by Crippen LogP contribution is 2.21. The summed E-state index contributed by atoms with van der Waals surface area (Å²) in [5.41, 5.74) is 4.09. The number of hydrogen-bond donors (Lipinski definition) is 1. The van der Waals surface area contributed by atoms with Crippen LogP contribution in [0.4, 0.5) is 0 Å². The Morgan fingerprint density at radius 2 is 1.77 bits per heavy atom. The van der Waals surface area contributed by atoms with E-state index in [0.717, 1.165) is 33.8 Å². The van der Waals surface area contributed by atoms with E-state index in [2.05, 4.69) is 38.3 Å². The fourth-order valence-corrected chi connectivity index (χ4v) is 3.58. The van der Waals surface area contributed by atoms with E-state index < -0.39 is 0 Å². The predicted octanol–water partition coefficient (Wildman–Crippen LogP) is 4.89. The van der Waals surface area contributed by atoms with Gasteiger partial charge in [-0.1, -0.05) is 37.3 Å². The second-order valence-electron chi connectivity index (χ2n) is 6.25. The molecule has 0 spiro atoms. The maximum absolute atomic E-state index is 9.55. The molecule has 0 saturated carbocycles. The van der Waals surface area contributed by atoms with Crippen molar-refractivity contribution in [2.75, 3.05) is 0 Å². The lowest BCUT2D eigenvalue weighted by atomic mass is 10.1. The summed E-state index contributed by atoms with van der Waals surface area (Å²) in [6.45, 7) is 6.22. The monoisotopic (exact) mass is 365 g/mol. The maximum Gasteiger partial charge on any atom is 0.206 e. The molecule has 5 heteroatoms. The molecule has 0 radical (unpaired) electrons. The third-order valence-corrected chi connectivity index (χ3v) is 4.71. The highest BCUT2D eigenvalue weighted by Gasteiger charge is 2.10. The van der Waals surface area contributed by atoms with E-state index in [1.165, 1.54) is 0 Å². The van der Waals surface area contributed by atoms with Gasteiger partial charge in [0.1, 0.15) is 5.75 Å². The molecule has 26 heavy (non-hydrogen) atoms. The fourth-order valence-electron chi connectivity index (χ4n) is 2.62. The molecule has 0 saturated heterocycles. The van der Waals surface area contributed by atoms with Gasteiger partial charge in [0.05, 0.1) is 11.4 Å². The minimum Gasteiger partial charge on any atom is -0.508 e. The van der Waals surface area contributed by atoms with Crippen molar-refractivity contribution in [3.8, 4) is 17.0 Å². The Balaban J connectivity index is 2.18. The molecule has 0 aliphatic heterocycles. The lowest BCUT2D eigenvalue weighted by Crippen LogP contribution is -2.16. The summed E-state index contributed by atoms with van der Waals surface area (Å²) in [7, 11) is 0. The highest BCUT2D eigenvalue weighted by molar-refractivity contribution is 7.07. The van der Waals surface area contributed by atoms with Gasteiger partial charge >= 0.3 is 0 Å². The first-order valence-electron chi connectivity index (χ1n) is 8.75. The topological polar surface area (TPSA) is 49.9 Å². The SMILES string of the molecule is CCC(=Nn1c(-c2ccccc2)csc1=NC(C)C)c1ccc(O)cc1. The molecule has 1 heterocycles. The molecule has 3 rings (SSSR count). The average molecular weight is 366 g/mol. The standard InChI is InChI=1S/C21H23N3OS/c1-4-19(16-10-12-18(25)13-11-16)23-24-20(17-8-6-5-7-9-17)14-26-21(24)22-15(2)3/h5-15,25H,4H2,1-3H3. The largest absolute Gasteiger partial charge is 0.508 e. The first-order valence-corrected chi connectivity index (χ1v) is 9.63. The molecular weight excluding hydrogens is 342 g/mol. The minimum atomic E-state index is 0.192. The summed E-state index contributed by atoms with van der Waals surface area (Å²) < 4.78 is 1.94. The van der Waals surface area contributed by atoms with Crippen LogP contribution in [0.5, 0.6) is 5.75 Å². The lowest BCUT2D eigenvalue weighted by molar-refractivity contribution is 0.475. The van der Waals surface area contributed by atoms with Crippen LogP contribution < -0.4 is 4.80 Å². The van der Waals surface area contributed by atoms with Crippen LogP contribution >= 0.6 is 11.3 Å². The van der Waals surface area contributed by atoms with Gasteiger partial charge in [0.15, 0.2) is 0 Å². The Labute approximate surface area is 157 Å². The number of rotatable bonds is 5. The number of benzene rings is 2. The van der Waals surface area contributed by atoms with Gasteiger partial charge in [-0.25, -0.2) is 4.68 Å². The molecule has 0 aliphatic rings. The summed E-state index contributed by atoms with van der Waals surface area (Å²) in [5.74, 6) is 0.257. The van der Waals surface area contributed by atoms with Gasteiger partial charge < -0.3 is 5.11 Å². The van der Waals surface area contributed by atoms with Crippen LogP contribution in [-0.4, -0.2) is 21.5 Å². The van der Waals surface area contributed by atoms with Crippen molar-refractivity contribution in [3.63, 3.8) is 0 Å². The van der Waals surface area contributed by atoms with E-state index in [1.54, 1.807) is 23.5 Å². The lowest BCUT2D eigenvalue weighted by Gasteiger charge is -2.08. The van der Waals surface area contributed by atoms with Gasteiger partial charge in [0.2, 0.25) is 4.80 Å². The minimum absolute atomic E-state index is 0.192. The highest BCUT2D eigenvalue weighted by atomic mass is 32.1. The Bertz CT molecular complexity index is 951. The molecule has 1 N–H and O–H groups in total. The zero-order chi connectivity index (χ0) is 18.5. The molecule has 0 aliphatic carbocycles. The number of phenolic OH excluding ortho intramolecular Hbond substituents is 1. The van der Waals surface area contributed by atoms with E-state index >= 15 is 0 Å². The molecule has 3 aromatic rings. The molecule has 2 aromatic carbocycles. The summed E-state index contributed by atoms with van der Waals surface area (Å²) in [6.07, 6.45) is 0.781. The van der Waals surface area contributed by atoms with Crippen molar-refractivity contribution in [2.24, 2.45) is 10.1 Å². The summed E-state index contributed by atoms with van der Waals surface area (Å²) in [4.78, 5) is 5.61. The second-order valence-corrected chi connectivity index (χ2v) is 7.09. The van der Waals surface area contributed by atoms with Crippen molar-refractivity contribution in [1.82, 2.24) is 4.68 Å². The molecule has 0 unspecified atom stereocenters. The van der Waals surface area contributed by atoms with Crippen LogP contribution in [0.2, 0.25) is 0 Å². The second kappa shape index (κ2) is 8.15. The van der Waals surface area contributed by atoms with Crippen molar-refractivity contribution in [1.29, 1.82) is 0 Å². The van der Waals surface area contributed by atoms with E-state index in [9.17, 15) is 5.11 Å². The van der Waals surface area contributed by atoms with E-state index in [0.29, 0.717) is 0 Å². The van der Waals surface area contributed by atoms with Crippen LogP contribution in [0.1, 0.15) is 32.8 Å². The van der Waals surface area contributed by atoms with Gasteiger partial charge in [-0.3, -0.25) is 4.99 Å². The number of phenols is 1. The summed E-state index contributed by atoms with van der Waals surface area (Å²) in [6, 6.07) is 17.6. The van der Waals surface area contributed by atoms with E-state index in [-0.39, 0.29) is 11.8 Å². The fraction of sp³-hybridized carbons (Fsp3) is 0.238. The van der Waals surface area contributed by atoms with Gasteiger partial charge in [-0.05, 0) is 50.1 Å². The van der Waals surface area contributed by atoms with Crippen LogP contribution in [0.3, 0.4) is 0 Å². The van der Waals surface area contributed by atoms with Crippen molar-refractivity contribution < 1.29 is 5.11 Å².